The fourth-order valence-electron chi connectivity index (χ4n) is 1.69. The molecule has 2 aromatic rings. The fraction of sp³-hybridized carbons (Fsp3) is 0.231. The number of hydrogen-bond acceptors (Lipinski definition) is 3. The minimum atomic E-state index is -2.87. The van der Waals surface area contributed by atoms with Crippen LogP contribution in [0.1, 0.15) is 23.1 Å². The highest BCUT2D eigenvalue weighted by Crippen LogP contribution is 2.16. The molecule has 0 amide bonds. The maximum atomic E-state index is 12.1. The third kappa shape index (κ3) is 2.96. The Hall–Kier alpha value is -2.24. The largest absolute Gasteiger partial charge is 0.435 e. The normalized spacial score (nSPS) is 10.7. The molecule has 1 aromatic carbocycles. The molecule has 0 aliphatic rings. The Morgan fingerprint density at radius 2 is 2.05 bits per heavy atom. The van der Waals surface area contributed by atoms with Crippen molar-refractivity contribution in [2.24, 2.45) is 0 Å². The Bertz CT molecular complexity index is 564. The van der Waals surface area contributed by atoms with Crippen molar-refractivity contribution in [2.75, 3.05) is 0 Å². The molecule has 100 valence electrons. The molecule has 0 bridgehead atoms. The Morgan fingerprint density at radius 3 is 2.63 bits per heavy atom. The van der Waals surface area contributed by atoms with Gasteiger partial charge in [-0.05, 0) is 31.2 Å². The van der Waals surface area contributed by atoms with Crippen LogP contribution in [0.25, 0.3) is 0 Å². The monoisotopic (exact) mass is 266 g/mol. The van der Waals surface area contributed by atoms with Crippen LogP contribution >= 0.6 is 0 Å². The van der Waals surface area contributed by atoms with Gasteiger partial charge in [0.05, 0.1) is 0 Å². The van der Waals surface area contributed by atoms with Crippen LogP contribution < -0.4 is 4.74 Å². The lowest BCUT2D eigenvalue weighted by molar-refractivity contribution is -0.0498. The molecule has 2 rings (SSSR count). The standard InChI is InChI=1S/C13H12F2N2O2/c1-2-17-8-7-16-12(17)11(18)9-3-5-10(6-4-9)19-13(14)15/h3-8,13H,2H2,1H3. The van der Waals surface area contributed by atoms with Gasteiger partial charge in [-0.3, -0.25) is 4.79 Å². The van der Waals surface area contributed by atoms with Gasteiger partial charge in [-0.25, -0.2) is 4.98 Å². The smallest absolute Gasteiger partial charge is 0.387 e. The number of aromatic nitrogens is 2. The summed E-state index contributed by atoms with van der Waals surface area (Å²) >= 11 is 0. The summed E-state index contributed by atoms with van der Waals surface area (Å²) in [7, 11) is 0. The predicted molar refractivity (Wildman–Crippen MR) is 64.4 cm³/mol. The third-order valence-electron chi connectivity index (χ3n) is 2.60. The van der Waals surface area contributed by atoms with Gasteiger partial charge in [0.25, 0.3) is 0 Å². The number of alkyl halides is 2. The highest BCUT2D eigenvalue weighted by molar-refractivity contribution is 6.06. The molecule has 0 atom stereocenters. The van der Waals surface area contributed by atoms with E-state index in [0.717, 1.165) is 0 Å². The molecule has 0 aliphatic heterocycles. The van der Waals surface area contributed by atoms with Crippen molar-refractivity contribution < 1.29 is 18.3 Å². The molecule has 0 unspecified atom stereocenters. The first-order valence-electron chi connectivity index (χ1n) is 5.72. The second kappa shape index (κ2) is 5.60. The average Bonchev–Trinajstić information content (AvgIpc) is 2.86. The van der Waals surface area contributed by atoms with E-state index in [1.165, 1.54) is 24.3 Å². The van der Waals surface area contributed by atoms with E-state index >= 15 is 0 Å². The molecule has 0 radical (unpaired) electrons. The average molecular weight is 266 g/mol. The quantitative estimate of drug-likeness (QED) is 0.781. The number of aryl methyl sites for hydroxylation is 1. The highest BCUT2D eigenvalue weighted by atomic mass is 19.3. The van der Waals surface area contributed by atoms with Crippen molar-refractivity contribution in [1.82, 2.24) is 9.55 Å². The summed E-state index contributed by atoms with van der Waals surface area (Å²) < 4.78 is 29.9. The van der Waals surface area contributed by atoms with E-state index in [1.54, 1.807) is 17.0 Å². The van der Waals surface area contributed by atoms with Gasteiger partial charge in [0, 0.05) is 24.5 Å². The van der Waals surface area contributed by atoms with Crippen molar-refractivity contribution in [1.29, 1.82) is 0 Å². The summed E-state index contributed by atoms with van der Waals surface area (Å²) in [6.07, 6.45) is 3.26. The zero-order valence-corrected chi connectivity index (χ0v) is 10.2. The van der Waals surface area contributed by atoms with Crippen molar-refractivity contribution in [3.8, 4) is 5.75 Å². The summed E-state index contributed by atoms with van der Waals surface area (Å²) in [6, 6.07) is 5.54. The van der Waals surface area contributed by atoms with Crippen molar-refractivity contribution in [3.63, 3.8) is 0 Å². The number of carbonyl (C=O) groups is 1. The molecule has 1 aromatic heterocycles. The first-order chi connectivity index (χ1) is 9.11. The number of ketones is 1. The van der Waals surface area contributed by atoms with Gasteiger partial charge >= 0.3 is 6.61 Å². The van der Waals surface area contributed by atoms with Crippen LogP contribution in [0.15, 0.2) is 36.7 Å². The lowest BCUT2D eigenvalue weighted by Gasteiger charge is -2.06. The van der Waals surface area contributed by atoms with Crippen LogP contribution in [-0.4, -0.2) is 21.9 Å². The van der Waals surface area contributed by atoms with Crippen LogP contribution in [0, 0.1) is 0 Å². The van der Waals surface area contributed by atoms with Gasteiger partial charge in [0.15, 0.2) is 5.82 Å². The van der Waals surface area contributed by atoms with Crippen LogP contribution in [-0.2, 0) is 6.54 Å². The van der Waals surface area contributed by atoms with E-state index in [0.29, 0.717) is 17.9 Å². The topological polar surface area (TPSA) is 44.1 Å². The van der Waals surface area contributed by atoms with Gasteiger partial charge in [-0.15, -0.1) is 0 Å². The third-order valence-corrected chi connectivity index (χ3v) is 2.60. The summed E-state index contributed by atoms with van der Waals surface area (Å²) in [4.78, 5) is 16.1. The summed E-state index contributed by atoms with van der Waals surface area (Å²) in [5.74, 6) is 0.0888. The van der Waals surface area contributed by atoms with Crippen LogP contribution in [0.4, 0.5) is 8.78 Å². The molecule has 0 saturated carbocycles. The maximum absolute atomic E-state index is 12.1. The summed E-state index contributed by atoms with van der Waals surface area (Å²) in [5.41, 5.74) is 0.377. The second-order valence-corrected chi connectivity index (χ2v) is 3.77. The maximum Gasteiger partial charge on any atom is 0.387 e. The lowest BCUT2D eigenvalue weighted by atomic mass is 10.1. The van der Waals surface area contributed by atoms with E-state index in [9.17, 15) is 13.6 Å². The molecule has 0 saturated heterocycles. The zero-order valence-electron chi connectivity index (χ0n) is 10.2. The number of rotatable bonds is 5. The highest BCUT2D eigenvalue weighted by Gasteiger charge is 2.14. The van der Waals surface area contributed by atoms with Crippen molar-refractivity contribution >= 4 is 5.78 Å². The molecule has 0 N–H and O–H groups in total. The molecular formula is C13H12F2N2O2. The van der Waals surface area contributed by atoms with Gasteiger partial charge < -0.3 is 9.30 Å². The van der Waals surface area contributed by atoms with E-state index in [-0.39, 0.29) is 11.5 Å². The summed E-state index contributed by atoms with van der Waals surface area (Å²) in [5, 5.41) is 0. The number of hydrogen-bond donors (Lipinski definition) is 0. The van der Waals surface area contributed by atoms with Crippen molar-refractivity contribution in [2.45, 2.75) is 20.1 Å². The zero-order chi connectivity index (χ0) is 13.8. The molecule has 0 fully saturated rings. The fourth-order valence-corrected chi connectivity index (χ4v) is 1.69. The van der Waals surface area contributed by atoms with Crippen molar-refractivity contribution in [3.05, 3.63) is 48.0 Å². The predicted octanol–water partition coefficient (Wildman–Crippen LogP) is 2.74. The van der Waals surface area contributed by atoms with Gasteiger partial charge in [0.2, 0.25) is 5.78 Å². The number of carbonyl (C=O) groups excluding carboxylic acids is 1. The van der Waals surface area contributed by atoms with E-state index in [1.807, 2.05) is 6.92 Å². The Labute approximate surface area is 108 Å². The van der Waals surface area contributed by atoms with Gasteiger partial charge in [-0.1, -0.05) is 0 Å². The Balaban J connectivity index is 2.20. The van der Waals surface area contributed by atoms with Crippen LogP contribution in [0.3, 0.4) is 0 Å². The number of nitrogens with zero attached hydrogens (tertiary/aromatic N) is 2. The second-order valence-electron chi connectivity index (χ2n) is 3.77. The molecule has 4 nitrogen and oxygen atoms in total. The first-order valence-corrected chi connectivity index (χ1v) is 5.72. The number of imidazole rings is 1. The molecule has 0 spiro atoms. The molecule has 6 heteroatoms. The minimum absolute atomic E-state index is 0.0189. The molecule has 1 heterocycles. The van der Waals surface area contributed by atoms with Crippen LogP contribution in [0.2, 0.25) is 0 Å². The Kier molecular flexibility index (Phi) is 3.89. The molecule has 19 heavy (non-hydrogen) atoms. The number of benzene rings is 1. The Morgan fingerprint density at radius 1 is 1.37 bits per heavy atom. The van der Waals surface area contributed by atoms with Gasteiger partial charge in [-0.2, -0.15) is 8.78 Å². The van der Waals surface area contributed by atoms with Crippen LogP contribution in [0.5, 0.6) is 5.75 Å². The first kappa shape index (κ1) is 13.2. The number of ether oxygens (including phenoxy) is 1. The molecular weight excluding hydrogens is 254 g/mol. The van der Waals surface area contributed by atoms with Gasteiger partial charge in [0.1, 0.15) is 5.75 Å². The minimum Gasteiger partial charge on any atom is -0.435 e. The van der Waals surface area contributed by atoms with E-state index in [4.69, 9.17) is 0 Å². The number of halogens is 2. The van der Waals surface area contributed by atoms with E-state index in [2.05, 4.69) is 9.72 Å². The van der Waals surface area contributed by atoms with E-state index < -0.39 is 6.61 Å². The molecule has 0 aliphatic carbocycles. The SMILES string of the molecule is CCn1ccnc1C(=O)c1ccc(OC(F)F)cc1. The lowest BCUT2D eigenvalue weighted by Crippen LogP contribution is -2.10. The summed E-state index contributed by atoms with van der Waals surface area (Å²) in [6.45, 7) is -0.341.